The molecule has 2 atom stereocenters. The topological polar surface area (TPSA) is 12.0 Å². The Morgan fingerprint density at radius 2 is 2.11 bits per heavy atom. The molecule has 18 heavy (non-hydrogen) atoms. The van der Waals surface area contributed by atoms with Gasteiger partial charge in [0.1, 0.15) is 5.82 Å². The quantitative estimate of drug-likeness (QED) is 0.864. The summed E-state index contributed by atoms with van der Waals surface area (Å²) in [5, 5.41) is 4.16. The minimum absolute atomic E-state index is 0.125. The number of hydrogen-bond acceptors (Lipinski definition) is 1. The van der Waals surface area contributed by atoms with Crippen molar-refractivity contribution in [1.29, 1.82) is 0 Å². The average Bonchev–Trinajstić information content (AvgIpc) is 2.36. The van der Waals surface area contributed by atoms with Crippen molar-refractivity contribution >= 4 is 11.6 Å². The van der Waals surface area contributed by atoms with Crippen molar-refractivity contribution < 1.29 is 4.39 Å². The Hall–Kier alpha value is -0.600. The van der Waals surface area contributed by atoms with Crippen LogP contribution in [0.25, 0.3) is 0 Å². The van der Waals surface area contributed by atoms with Crippen LogP contribution in [0.5, 0.6) is 0 Å². The summed E-state index contributed by atoms with van der Waals surface area (Å²) in [5.41, 5.74) is 0.761. The second-order valence-corrected chi connectivity index (χ2v) is 5.58. The van der Waals surface area contributed by atoms with Gasteiger partial charge in [0.05, 0.1) is 0 Å². The largest absolute Gasteiger partial charge is 0.314 e. The first-order valence-corrected chi connectivity index (χ1v) is 7.25. The third-order valence-corrected chi connectivity index (χ3v) is 4.10. The van der Waals surface area contributed by atoms with E-state index < -0.39 is 0 Å². The molecule has 0 aromatic heterocycles. The Kier molecular flexibility index (Phi) is 5.02. The van der Waals surface area contributed by atoms with Gasteiger partial charge in [0.25, 0.3) is 0 Å². The lowest BCUT2D eigenvalue weighted by Crippen LogP contribution is -2.39. The summed E-state index contributed by atoms with van der Waals surface area (Å²) < 4.78 is 13.8. The molecule has 1 fully saturated rings. The highest BCUT2D eigenvalue weighted by Gasteiger charge is 2.25. The maximum absolute atomic E-state index is 13.8. The first-order valence-electron chi connectivity index (χ1n) is 6.88. The van der Waals surface area contributed by atoms with Crippen LogP contribution in [-0.2, 0) is 6.42 Å². The van der Waals surface area contributed by atoms with E-state index in [9.17, 15) is 4.39 Å². The molecule has 1 aromatic carbocycles. The highest BCUT2D eigenvalue weighted by Crippen LogP contribution is 2.29. The van der Waals surface area contributed by atoms with Gasteiger partial charge in [-0.25, -0.2) is 4.39 Å². The minimum atomic E-state index is -0.125. The molecule has 0 radical (unpaired) electrons. The van der Waals surface area contributed by atoms with Crippen molar-refractivity contribution in [3.8, 4) is 0 Å². The molecule has 1 aliphatic rings. The van der Waals surface area contributed by atoms with Gasteiger partial charge < -0.3 is 5.32 Å². The van der Waals surface area contributed by atoms with Crippen LogP contribution in [0, 0.1) is 11.7 Å². The highest BCUT2D eigenvalue weighted by atomic mass is 35.5. The van der Waals surface area contributed by atoms with E-state index in [2.05, 4.69) is 12.2 Å². The van der Waals surface area contributed by atoms with Crippen LogP contribution in [0.2, 0.25) is 5.02 Å². The molecule has 0 aliphatic heterocycles. The molecule has 1 aromatic rings. The Labute approximate surface area is 114 Å². The molecular weight excluding hydrogens is 249 g/mol. The number of benzene rings is 1. The van der Waals surface area contributed by atoms with Crippen molar-refractivity contribution in [3.05, 3.63) is 34.6 Å². The molecular formula is C15H21ClFN. The van der Waals surface area contributed by atoms with Crippen molar-refractivity contribution in [2.75, 3.05) is 6.54 Å². The molecule has 1 saturated carbocycles. The molecule has 0 heterocycles. The second-order valence-electron chi connectivity index (χ2n) is 5.15. The predicted molar refractivity (Wildman–Crippen MR) is 74.5 cm³/mol. The number of nitrogens with one attached hydrogen (secondary N) is 1. The number of hydrogen-bond donors (Lipinski definition) is 1. The Bertz CT molecular complexity index is 392. The molecule has 1 nitrogen and oxygen atoms in total. The van der Waals surface area contributed by atoms with Crippen molar-refractivity contribution in [3.63, 3.8) is 0 Å². The third kappa shape index (κ3) is 3.46. The van der Waals surface area contributed by atoms with Gasteiger partial charge in [0.15, 0.2) is 0 Å². The molecule has 0 saturated heterocycles. The van der Waals surface area contributed by atoms with Crippen molar-refractivity contribution in [2.24, 2.45) is 5.92 Å². The number of rotatable bonds is 4. The molecule has 2 unspecified atom stereocenters. The average molecular weight is 270 g/mol. The van der Waals surface area contributed by atoms with Gasteiger partial charge in [-0.2, -0.15) is 0 Å². The van der Waals surface area contributed by atoms with E-state index in [0.717, 1.165) is 18.5 Å². The first kappa shape index (κ1) is 13.8. The van der Waals surface area contributed by atoms with E-state index >= 15 is 0 Å². The van der Waals surface area contributed by atoms with Gasteiger partial charge in [-0.15, -0.1) is 0 Å². The van der Waals surface area contributed by atoms with Crippen LogP contribution in [0.1, 0.15) is 38.2 Å². The van der Waals surface area contributed by atoms with E-state index in [1.54, 1.807) is 12.1 Å². The van der Waals surface area contributed by atoms with E-state index in [-0.39, 0.29) is 5.82 Å². The van der Waals surface area contributed by atoms with Gasteiger partial charge in [-0.1, -0.05) is 31.4 Å². The smallest absolute Gasteiger partial charge is 0.126 e. The summed E-state index contributed by atoms with van der Waals surface area (Å²) in [6, 6.07) is 5.39. The van der Waals surface area contributed by atoms with Crippen molar-refractivity contribution in [2.45, 2.75) is 45.1 Å². The minimum Gasteiger partial charge on any atom is -0.314 e. The SMILES string of the molecule is CCNC1CCCCC1Cc1cc(Cl)ccc1F. The van der Waals surface area contributed by atoms with Crippen LogP contribution in [-0.4, -0.2) is 12.6 Å². The molecule has 100 valence electrons. The lowest BCUT2D eigenvalue weighted by atomic mass is 9.80. The maximum Gasteiger partial charge on any atom is 0.126 e. The van der Waals surface area contributed by atoms with Crippen LogP contribution in [0.15, 0.2) is 18.2 Å². The van der Waals surface area contributed by atoms with Gasteiger partial charge >= 0.3 is 0 Å². The zero-order chi connectivity index (χ0) is 13.0. The molecule has 1 aliphatic carbocycles. The molecule has 2 rings (SSSR count). The third-order valence-electron chi connectivity index (χ3n) is 3.87. The molecule has 0 bridgehead atoms. The van der Waals surface area contributed by atoms with E-state index in [0.29, 0.717) is 17.0 Å². The summed E-state index contributed by atoms with van der Waals surface area (Å²) in [7, 11) is 0. The number of halogens is 2. The monoisotopic (exact) mass is 269 g/mol. The van der Waals surface area contributed by atoms with Crippen LogP contribution >= 0.6 is 11.6 Å². The van der Waals surface area contributed by atoms with Crippen molar-refractivity contribution in [1.82, 2.24) is 5.32 Å². The van der Waals surface area contributed by atoms with E-state index in [1.807, 2.05) is 0 Å². The van der Waals surface area contributed by atoms with Gasteiger partial charge in [-0.3, -0.25) is 0 Å². The zero-order valence-electron chi connectivity index (χ0n) is 10.9. The maximum atomic E-state index is 13.8. The summed E-state index contributed by atoms with van der Waals surface area (Å²) in [5.74, 6) is 0.409. The second kappa shape index (κ2) is 6.53. The Morgan fingerprint density at radius 3 is 2.89 bits per heavy atom. The zero-order valence-corrected chi connectivity index (χ0v) is 11.6. The fourth-order valence-electron chi connectivity index (χ4n) is 2.97. The summed E-state index contributed by atoms with van der Waals surface area (Å²) in [4.78, 5) is 0. The molecule has 0 amide bonds. The highest BCUT2D eigenvalue weighted by molar-refractivity contribution is 6.30. The Morgan fingerprint density at radius 1 is 1.33 bits per heavy atom. The van der Waals surface area contributed by atoms with Crippen LogP contribution in [0.3, 0.4) is 0 Å². The lowest BCUT2D eigenvalue weighted by Gasteiger charge is -2.32. The first-order chi connectivity index (χ1) is 8.70. The van der Waals surface area contributed by atoms with Gasteiger partial charge in [0.2, 0.25) is 0 Å². The summed E-state index contributed by atoms with van der Waals surface area (Å²) >= 11 is 5.95. The standard InChI is InChI=1S/C15H21ClFN/c1-2-18-15-6-4-3-5-11(15)9-12-10-13(16)7-8-14(12)17/h7-8,10-11,15,18H,2-6,9H2,1H3. The van der Waals surface area contributed by atoms with E-state index in [1.165, 1.54) is 31.7 Å². The fourth-order valence-corrected chi connectivity index (χ4v) is 3.16. The summed E-state index contributed by atoms with van der Waals surface area (Å²) in [6.45, 7) is 3.12. The molecule has 3 heteroatoms. The van der Waals surface area contributed by atoms with E-state index in [4.69, 9.17) is 11.6 Å². The molecule has 0 spiro atoms. The predicted octanol–water partition coefficient (Wildman–Crippen LogP) is 4.19. The molecule has 1 N–H and O–H groups in total. The lowest BCUT2D eigenvalue weighted by molar-refractivity contribution is 0.262. The van der Waals surface area contributed by atoms with Gasteiger partial charge in [0, 0.05) is 11.1 Å². The Balaban J connectivity index is 2.08. The van der Waals surface area contributed by atoms with Crippen LogP contribution < -0.4 is 5.32 Å². The van der Waals surface area contributed by atoms with Crippen LogP contribution in [0.4, 0.5) is 4.39 Å². The normalized spacial score (nSPS) is 24.2. The van der Waals surface area contributed by atoms with Gasteiger partial charge in [-0.05, 0) is 55.5 Å². The summed E-state index contributed by atoms with van der Waals surface area (Å²) in [6.07, 6.45) is 5.73. The fraction of sp³-hybridized carbons (Fsp3) is 0.600.